The quantitative estimate of drug-likeness (QED) is 0.757. The molecule has 2 saturated carbocycles. The molecule has 0 unspecified atom stereocenters. The molecular weight excluding hydrogens is 212 g/mol. The van der Waals surface area contributed by atoms with Crippen molar-refractivity contribution in [1.29, 1.82) is 0 Å². The maximum Gasteiger partial charge on any atom is 0.155 e. The fourth-order valence-electron chi connectivity index (χ4n) is 4.78. The van der Waals surface area contributed by atoms with Gasteiger partial charge in [-0.2, -0.15) is 0 Å². The summed E-state index contributed by atoms with van der Waals surface area (Å²) in [6.07, 6.45) is 4.91. The molecule has 0 heterocycles. The van der Waals surface area contributed by atoms with Crippen LogP contribution in [0.15, 0.2) is 11.1 Å². The summed E-state index contributed by atoms with van der Waals surface area (Å²) >= 11 is 0. The lowest BCUT2D eigenvalue weighted by Crippen LogP contribution is -2.34. The van der Waals surface area contributed by atoms with Crippen LogP contribution in [0.1, 0.15) is 52.9 Å². The van der Waals surface area contributed by atoms with Crippen molar-refractivity contribution in [2.45, 2.75) is 58.5 Å². The highest BCUT2D eigenvalue weighted by Gasteiger charge is 2.61. The fraction of sp³-hybridized carbons (Fsp3) is 0.800. The number of hydrogen-bond acceptors (Lipinski definition) is 2. The van der Waals surface area contributed by atoms with Crippen LogP contribution in [0.4, 0.5) is 0 Å². The maximum atomic E-state index is 11.8. The SMILES string of the molecule is CC(=O)C1=C2[C@@H](CC1)C[C@]1(O)CCC(C)(C)[C@H]21. The monoisotopic (exact) mass is 234 g/mol. The Morgan fingerprint density at radius 3 is 2.71 bits per heavy atom. The van der Waals surface area contributed by atoms with E-state index in [0.29, 0.717) is 5.92 Å². The van der Waals surface area contributed by atoms with Gasteiger partial charge >= 0.3 is 0 Å². The van der Waals surface area contributed by atoms with E-state index >= 15 is 0 Å². The van der Waals surface area contributed by atoms with Gasteiger partial charge in [0.1, 0.15) is 0 Å². The minimum absolute atomic E-state index is 0.157. The molecule has 0 bridgehead atoms. The van der Waals surface area contributed by atoms with E-state index in [9.17, 15) is 9.90 Å². The minimum atomic E-state index is -0.509. The van der Waals surface area contributed by atoms with Crippen molar-refractivity contribution >= 4 is 5.78 Å². The molecule has 0 aromatic rings. The molecule has 0 amide bonds. The molecule has 3 rings (SSSR count). The van der Waals surface area contributed by atoms with Crippen molar-refractivity contribution in [3.8, 4) is 0 Å². The summed E-state index contributed by atoms with van der Waals surface area (Å²) in [5.74, 6) is 0.958. The van der Waals surface area contributed by atoms with Crippen LogP contribution in [-0.2, 0) is 4.79 Å². The van der Waals surface area contributed by atoms with Crippen molar-refractivity contribution in [2.24, 2.45) is 17.3 Å². The molecular formula is C15H22O2. The summed E-state index contributed by atoms with van der Waals surface area (Å²) in [5.41, 5.74) is 2.03. The first-order chi connectivity index (χ1) is 7.85. The highest BCUT2D eigenvalue weighted by Crippen LogP contribution is 2.64. The van der Waals surface area contributed by atoms with Gasteiger partial charge in [-0.05, 0) is 55.9 Å². The third-order valence-electron chi connectivity index (χ3n) is 5.39. The van der Waals surface area contributed by atoms with E-state index in [1.54, 1.807) is 6.92 Å². The van der Waals surface area contributed by atoms with Gasteiger partial charge in [0, 0.05) is 5.92 Å². The second kappa shape index (κ2) is 3.23. The Hall–Kier alpha value is -0.630. The topological polar surface area (TPSA) is 37.3 Å². The predicted molar refractivity (Wildman–Crippen MR) is 66.5 cm³/mol. The van der Waals surface area contributed by atoms with Crippen LogP contribution in [0.5, 0.6) is 0 Å². The molecule has 0 aromatic heterocycles. The van der Waals surface area contributed by atoms with E-state index in [0.717, 1.165) is 37.7 Å². The summed E-state index contributed by atoms with van der Waals surface area (Å²) < 4.78 is 0. The number of rotatable bonds is 1. The van der Waals surface area contributed by atoms with Gasteiger partial charge in [-0.15, -0.1) is 0 Å². The average Bonchev–Trinajstić information content (AvgIpc) is 2.75. The maximum absolute atomic E-state index is 11.8. The molecule has 0 radical (unpaired) electrons. The first kappa shape index (κ1) is 11.5. The Kier molecular flexibility index (Phi) is 2.17. The second-order valence-corrected chi connectivity index (χ2v) is 6.95. The molecule has 0 aliphatic heterocycles. The lowest BCUT2D eigenvalue weighted by atomic mass is 9.75. The Morgan fingerprint density at radius 1 is 1.35 bits per heavy atom. The summed E-state index contributed by atoms with van der Waals surface area (Å²) in [6.45, 7) is 6.19. The molecule has 3 aliphatic carbocycles. The van der Waals surface area contributed by atoms with E-state index in [-0.39, 0.29) is 17.1 Å². The van der Waals surface area contributed by atoms with E-state index in [1.807, 2.05) is 0 Å². The lowest BCUT2D eigenvalue weighted by molar-refractivity contribution is -0.113. The van der Waals surface area contributed by atoms with Gasteiger partial charge in [-0.1, -0.05) is 19.4 Å². The van der Waals surface area contributed by atoms with Crippen LogP contribution < -0.4 is 0 Å². The zero-order valence-electron chi connectivity index (χ0n) is 11.0. The third-order valence-corrected chi connectivity index (χ3v) is 5.39. The Morgan fingerprint density at radius 2 is 2.06 bits per heavy atom. The van der Waals surface area contributed by atoms with Crippen LogP contribution in [0, 0.1) is 17.3 Å². The molecule has 2 nitrogen and oxygen atoms in total. The summed E-state index contributed by atoms with van der Waals surface area (Å²) in [4.78, 5) is 11.8. The van der Waals surface area contributed by atoms with E-state index < -0.39 is 5.60 Å². The van der Waals surface area contributed by atoms with Gasteiger partial charge in [0.05, 0.1) is 5.60 Å². The number of fused-ring (bicyclic) bond motifs is 3. The number of hydrogen-bond donors (Lipinski definition) is 1. The largest absolute Gasteiger partial charge is 0.389 e. The Labute approximate surface area is 103 Å². The summed E-state index contributed by atoms with van der Waals surface area (Å²) in [6, 6.07) is 0. The highest BCUT2D eigenvalue weighted by atomic mass is 16.3. The van der Waals surface area contributed by atoms with Crippen LogP contribution in [-0.4, -0.2) is 16.5 Å². The first-order valence-corrected chi connectivity index (χ1v) is 6.81. The average molecular weight is 234 g/mol. The van der Waals surface area contributed by atoms with Crippen molar-refractivity contribution in [1.82, 2.24) is 0 Å². The van der Waals surface area contributed by atoms with Crippen LogP contribution in [0.25, 0.3) is 0 Å². The molecule has 94 valence electrons. The van der Waals surface area contributed by atoms with Crippen LogP contribution in [0.3, 0.4) is 0 Å². The molecule has 3 aliphatic rings. The van der Waals surface area contributed by atoms with E-state index in [2.05, 4.69) is 13.8 Å². The number of aliphatic hydroxyl groups is 1. The molecule has 3 atom stereocenters. The number of Topliss-reactive ketones (excluding diaryl/α,β-unsaturated/α-hetero) is 1. The van der Waals surface area contributed by atoms with Crippen molar-refractivity contribution in [3.05, 3.63) is 11.1 Å². The number of carbonyl (C=O) groups is 1. The molecule has 0 spiro atoms. The molecule has 17 heavy (non-hydrogen) atoms. The second-order valence-electron chi connectivity index (χ2n) is 6.95. The predicted octanol–water partition coefficient (Wildman–Crippen LogP) is 2.85. The van der Waals surface area contributed by atoms with Crippen LogP contribution in [0.2, 0.25) is 0 Å². The van der Waals surface area contributed by atoms with Gasteiger partial charge in [0.2, 0.25) is 0 Å². The zero-order chi connectivity index (χ0) is 12.4. The normalized spacial score (nSPS) is 42.8. The van der Waals surface area contributed by atoms with Gasteiger partial charge in [0.25, 0.3) is 0 Å². The van der Waals surface area contributed by atoms with Crippen LogP contribution >= 0.6 is 0 Å². The number of carbonyl (C=O) groups excluding carboxylic acids is 1. The Balaban J connectivity index is 2.12. The summed E-state index contributed by atoms with van der Waals surface area (Å²) in [5, 5.41) is 10.8. The highest BCUT2D eigenvalue weighted by molar-refractivity contribution is 5.95. The van der Waals surface area contributed by atoms with Gasteiger partial charge in [-0.25, -0.2) is 0 Å². The summed E-state index contributed by atoms with van der Waals surface area (Å²) in [7, 11) is 0. The molecule has 2 heteroatoms. The minimum Gasteiger partial charge on any atom is -0.389 e. The molecule has 1 N–H and O–H groups in total. The number of ketones is 1. The first-order valence-electron chi connectivity index (χ1n) is 6.81. The lowest BCUT2D eigenvalue weighted by Gasteiger charge is -2.32. The van der Waals surface area contributed by atoms with Crippen molar-refractivity contribution in [3.63, 3.8) is 0 Å². The van der Waals surface area contributed by atoms with Gasteiger partial charge in [0.15, 0.2) is 5.78 Å². The van der Waals surface area contributed by atoms with Crippen molar-refractivity contribution in [2.75, 3.05) is 0 Å². The third kappa shape index (κ3) is 1.40. The standard InChI is InChI=1S/C15H22O2/c1-9(16)11-5-4-10-8-15(17)7-6-14(2,3)13(15)12(10)11/h10,13,17H,4-8H2,1-3H3/t10-,13-,15+/m0/s1. The fourth-order valence-corrected chi connectivity index (χ4v) is 4.78. The molecule has 0 aromatic carbocycles. The smallest absolute Gasteiger partial charge is 0.155 e. The Bertz CT molecular complexity index is 419. The van der Waals surface area contributed by atoms with Gasteiger partial charge < -0.3 is 5.11 Å². The molecule has 2 fully saturated rings. The zero-order valence-corrected chi connectivity index (χ0v) is 11.0. The van der Waals surface area contributed by atoms with Gasteiger partial charge in [-0.3, -0.25) is 4.79 Å². The van der Waals surface area contributed by atoms with Crippen molar-refractivity contribution < 1.29 is 9.90 Å². The van der Waals surface area contributed by atoms with E-state index in [4.69, 9.17) is 0 Å². The number of allylic oxidation sites excluding steroid dienone is 1. The molecule has 0 saturated heterocycles. The van der Waals surface area contributed by atoms with E-state index in [1.165, 1.54) is 5.57 Å².